The van der Waals surface area contributed by atoms with Crippen LogP contribution in [-0.4, -0.2) is 37.7 Å². The molecule has 6 nitrogen and oxygen atoms in total. The van der Waals surface area contributed by atoms with Gasteiger partial charge in [0.05, 0.1) is 25.3 Å². The fourth-order valence-corrected chi connectivity index (χ4v) is 3.08. The minimum atomic E-state index is -0.559. The van der Waals surface area contributed by atoms with Crippen molar-refractivity contribution in [3.8, 4) is 23.5 Å². The Morgan fingerprint density at radius 1 is 1.31 bits per heavy atom. The number of nitrogens with one attached hydrogen (secondary N) is 2. The lowest BCUT2D eigenvalue weighted by molar-refractivity contribution is -0.119. The Labute approximate surface area is 169 Å². The molecule has 1 aliphatic rings. The number of anilines is 1. The molecular weight excluding hydrogens is 373 g/mol. The van der Waals surface area contributed by atoms with E-state index in [4.69, 9.17) is 11.2 Å². The zero-order chi connectivity index (χ0) is 20.8. The molecule has 3 rings (SSSR count). The lowest BCUT2D eigenvalue weighted by Crippen LogP contribution is -2.33. The fourth-order valence-electron chi connectivity index (χ4n) is 3.08. The van der Waals surface area contributed by atoms with Crippen LogP contribution < -0.4 is 15.5 Å². The maximum atomic E-state index is 14.7. The average molecular weight is 395 g/mol. The second-order valence-corrected chi connectivity index (χ2v) is 6.72. The van der Waals surface area contributed by atoms with Crippen molar-refractivity contribution in [2.75, 3.05) is 24.5 Å². The van der Waals surface area contributed by atoms with E-state index in [9.17, 15) is 14.0 Å². The number of rotatable bonds is 7. The molecule has 150 valence electrons. The van der Waals surface area contributed by atoms with Crippen molar-refractivity contribution < 1.29 is 18.7 Å². The molecule has 1 heterocycles. The van der Waals surface area contributed by atoms with Crippen molar-refractivity contribution in [1.82, 2.24) is 10.6 Å². The summed E-state index contributed by atoms with van der Waals surface area (Å²) in [5, 5.41) is 5.71. The largest absolute Gasteiger partial charge is 0.442 e. The van der Waals surface area contributed by atoms with Gasteiger partial charge in [-0.25, -0.2) is 9.18 Å². The highest BCUT2D eigenvalue weighted by molar-refractivity contribution is 5.90. The zero-order valence-corrected chi connectivity index (χ0v) is 16.1. The van der Waals surface area contributed by atoms with Crippen molar-refractivity contribution in [2.24, 2.45) is 0 Å². The second kappa shape index (κ2) is 9.22. The minimum Gasteiger partial charge on any atom is -0.442 e. The van der Waals surface area contributed by atoms with E-state index in [1.807, 2.05) is 24.3 Å². The van der Waals surface area contributed by atoms with Gasteiger partial charge in [0.15, 0.2) is 0 Å². The van der Waals surface area contributed by atoms with Gasteiger partial charge in [-0.2, -0.15) is 0 Å². The number of halogens is 1. The molecule has 2 aromatic carbocycles. The molecular formula is C22H22FN3O3. The third-order valence-corrected chi connectivity index (χ3v) is 4.54. The minimum absolute atomic E-state index is 0.201. The van der Waals surface area contributed by atoms with Crippen LogP contribution in [0, 0.1) is 18.2 Å². The highest BCUT2D eigenvalue weighted by atomic mass is 19.1. The van der Waals surface area contributed by atoms with Crippen molar-refractivity contribution in [1.29, 1.82) is 0 Å². The van der Waals surface area contributed by atoms with E-state index in [1.165, 1.54) is 17.9 Å². The van der Waals surface area contributed by atoms with Crippen LogP contribution in [0.2, 0.25) is 0 Å². The summed E-state index contributed by atoms with van der Waals surface area (Å²) >= 11 is 0. The van der Waals surface area contributed by atoms with Gasteiger partial charge in [0.25, 0.3) is 0 Å². The number of hydrogen-bond donors (Lipinski definition) is 2. The van der Waals surface area contributed by atoms with E-state index in [0.717, 1.165) is 11.1 Å². The Bertz CT molecular complexity index is 937. The summed E-state index contributed by atoms with van der Waals surface area (Å²) in [5.41, 5.74) is 2.64. The fraction of sp³-hybridized carbons (Fsp3) is 0.273. The Kier molecular flexibility index (Phi) is 6.47. The maximum absolute atomic E-state index is 14.7. The highest BCUT2D eigenvalue weighted by Gasteiger charge is 2.32. The third kappa shape index (κ3) is 5.12. The maximum Gasteiger partial charge on any atom is 0.414 e. The van der Waals surface area contributed by atoms with Crippen LogP contribution in [0.3, 0.4) is 0 Å². The quantitative estimate of drug-likeness (QED) is 0.559. The molecule has 1 fully saturated rings. The Balaban J connectivity index is 1.69. The number of amides is 2. The summed E-state index contributed by atoms with van der Waals surface area (Å²) in [7, 11) is 0. The molecule has 0 spiro atoms. The SMILES string of the molecule is C#CCNCc1ccc(-c2ccc(N3CC(CNC(C)=O)OC3=O)cc2F)cc1. The van der Waals surface area contributed by atoms with Crippen LogP contribution in [-0.2, 0) is 16.1 Å². The number of hydrogen-bond acceptors (Lipinski definition) is 4. The number of cyclic esters (lactones) is 1. The van der Waals surface area contributed by atoms with Gasteiger partial charge in [-0.3, -0.25) is 9.69 Å². The van der Waals surface area contributed by atoms with Gasteiger partial charge in [0.2, 0.25) is 5.91 Å². The monoisotopic (exact) mass is 395 g/mol. The molecule has 0 aromatic heterocycles. The van der Waals surface area contributed by atoms with Crippen molar-refractivity contribution >= 4 is 17.7 Å². The van der Waals surface area contributed by atoms with Gasteiger partial charge in [0, 0.05) is 19.0 Å². The number of ether oxygens (including phenoxy) is 1. The second-order valence-electron chi connectivity index (χ2n) is 6.72. The van der Waals surface area contributed by atoms with Gasteiger partial charge in [-0.15, -0.1) is 6.42 Å². The lowest BCUT2D eigenvalue weighted by Gasteiger charge is -2.14. The van der Waals surface area contributed by atoms with Crippen molar-refractivity contribution in [3.05, 3.63) is 53.8 Å². The van der Waals surface area contributed by atoms with Crippen LogP contribution in [0.15, 0.2) is 42.5 Å². The molecule has 0 aliphatic carbocycles. The topological polar surface area (TPSA) is 70.7 Å². The van der Waals surface area contributed by atoms with E-state index in [-0.39, 0.29) is 19.0 Å². The van der Waals surface area contributed by atoms with Crippen LogP contribution in [0.25, 0.3) is 11.1 Å². The molecule has 2 aromatic rings. The molecule has 2 amide bonds. The molecule has 0 bridgehead atoms. The van der Waals surface area contributed by atoms with E-state index in [2.05, 4.69) is 16.6 Å². The summed E-state index contributed by atoms with van der Waals surface area (Å²) in [6.45, 7) is 2.99. The molecule has 29 heavy (non-hydrogen) atoms. The van der Waals surface area contributed by atoms with E-state index < -0.39 is 18.0 Å². The van der Waals surface area contributed by atoms with E-state index in [1.54, 1.807) is 12.1 Å². The molecule has 1 aliphatic heterocycles. The molecule has 0 saturated carbocycles. The predicted octanol–water partition coefficient (Wildman–Crippen LogP) is 2.68. The smallest absolute Gasteiger partial charge is 0.414 e. The molecule has 0 radical (unpaired) electrons. The standard InChI is InChI=1S/C22H22FN3O3/c1-3-10-24-12-16-4-6-17(7-5-16)20-9-8-18(11-21(20)23)26-14-19(29-22(26)28)13-25-15(2)27/h1,4-9,11,19,24H,10,12-14H2,2H3,(H,25,27). The lowest BCUT2D eigenvalue weighted by atomic mass is 10.0. The van der Waals surface area contributed by atoms with E-state index >= 15 is 0 Å². The van der Waals surface area contributed by atoms with Crippen LogP contribution >= 0.6 is 0 Å². The number of nitrogens with zero attached hydrogens (tertiary/aromatic N) is 1. The first-order valence-electron chi connectivity index (χ1n) is 9.23. The van der Waals surface area contributed by atoms with Gasteiger partial charge in [-0.05, 0) is 29.3 Å². The number of carbonyl (C=O) groups excluding carboxylic acids is 2. The van der Waals surface area contributed by atoms with Gasteiger partial charge >= 0.3 is 6.09 Å². The summed E-state index contributed by atoms with van der Waals surface area (Å²) in [6, 6.07) is 12.2. The zero-order valence-electron chi connectivity index (χ0n) is 16.1. The van der Waals surface area contributed by atoms with Crippen LogP contribution in [0.1, 0.15) is 12.5 Å². The number of terminal acetylenes is 1. The summed E-state index contributed by atoms with van der Waals surface area (Å²) < 4.78 is 20.0. The average Bonchev–Trinajstić information content (AvgIpc) is 3.08. The van der Waals surface area contributed by atoms with Crippen LogP contribution in [0.4, 0.5) is 14.9 Å². The summed E-state index contributed by atoms with van der Waals surface area (Å²) in [4.78, 5) is 24.5. The molecule has 1 atom stereocenters. The molecule has 7 heteroatoms. The van der Waals surface area contributed by atoms with Gasteiger partial charge in [0.1, 0.15) is 11.9 Å². The number of carbonyl (C=O) groups is 2. The number of benzene rings is 2. The highest BCUT2D eigenvalue weighted by Crippen LogP contribution is 2.29. The first-order chi connectivity index (χ1) is 14.0. The Hall–Kier alpha value is -3.37. The van der Waals surface area contributed by atoms with Gasteiger partial charge in [-0.1, -0.05) is 30.2 Å². The van der Waals surface area contributed by atoms with Crippen molar-refractivity contribution in [3.63, 3.8) is 0 Å². The Morgan fingerprint density at radius 2 is 2.07 bits per heavy atom. The summed E-state index contributed by atoms with van der Waals surface area (Å²) in [5.74, 6) is 1.88. The molecule has 1 unspecified atom stereocenters. The normalized spacial score (nSPS) is 15.7. The molecule has 1 saturated heterocycles. The first kappa shape index (κ1) is 20.4. The van der Waals surface area contributed by atoms with Gasteiger partial charge < -0.3 is 15.4 Å². The summed E-state index contributed by atoms with van der Waals surface area (Å²) in [6.07, 6.45) is 4.18. The van der Waals surface area contributed by atoms with Crippen molar-refractivity contribution in [2.45, 2.75) is 19.6 Å². The third-order valence-electron chi connectivity index (χ3n) is 4.54. The predicted molar refractivity (Wildman–Crippen MR) is 109 cm³/mol. The first-order valence-corrected chi connectivity index (χ1v) is 9.23. The molecule has 2 N–H and O–H groups in total. The van der Waals surface area contributed by atoms with E-state index in [0.29, 0.717) is 24.3 Å². The Morgan fingerprint density at radius 3 is 2.72 bits per heavy atom. The van der Waals surface area contributed by atoms with Crippen LogP contribution in [0.5, 0.6) is 0 Å².